The fraction of sp³-hybridized carbons (Fsp3) is 0.821. The van der Waals surface area contributed by atoms with Gasteiger partial charge in [-0.3, -0.25) is 4.79 Å². The maximum Gasteiger partial charge on any atom is 0.306 e. The molecule has 0 aromatic carbocycles. The molecule has 0 spiro atoms. The highest BCUT2D eigenvalue weighted by atomic mass is 16.4. The van der Waals surface area contributed by atoms with Gasteiger partial charge in [-0.2, -0.15) is 0 Å². The summed E-state index contributed by atoms with van der Waals surface area (Å²) in [6.07, 6.45) is 33.2. The van der Waals surface area contributed by atoms with E-state index in [0.717, 1.165) is 25.7 Å². The lowest BCUT2D eigenvalue weighted by molar-refractivity contribution is -0.142. The predicted octanol–water partition coefficient (Wildman–Crippen LogP) is 9.64. The number of carbonyl (C=O) groups is 1. The Morgan fingerprint density at radius 2 is 0.900 bits per heavy atom. The van der Waals surface area contributed by atoms with E-state index in [2.05, 4.69) is 38.2 Å². The molecular formula is C28H52O2. The summed E-state index contributed by atoms with van der Waals surface area (Å²) < 4.78 is 0. The summed E-state index contributed by atoms with van der Waals surface area (Å²) in [5, 5.41) is 9.48. The molecule has 0 rings (SSSR count). The third-order valence-electron chi connectivity index (χ3n) is 5.98. The van der Waals surface area contributed by atoms with Gasteiger partial charge in [-0.05, 0) is 51.4 Å². The minimum atomic E-state index is -0.580. The van der Waals surface area contributed by atoms with Gasteiger partial charge in [0.1, 0.15) is 0 Å². The van der Waals surface area contributed by atoms with Crippen LogP contribution in [0.1, 0.15) is 142 Å². The Balaban J connectivity index is 3.53. The van der Waals surface area contributed by atoms with Gasteiger partial charge in [-0.25, -0.2) is 0 Å². The van der Waals surface area contributed by atoms with Crippen LogP contribution in [-0.2, 0) is 4.79 Å². The van der Waals surface area contributed by atoms with Crippen LogP contribution in [0.4, 0.5) is 0 Å². The first-order valence-corrected chi connectivity index (χ1v) is 13.2. The lowest BCUT2D eigenvalue weighted by Crippen LogP contribution is -2.13. The van der Waals surface area contributed by atoms with Gasteiger partial charge in [0.2, 0.25) is 0 Å². The Morgan fingerprint density at radius 1 is 0.567 bits per heavy atom. The number of hydrogen-bond donors (Lipinski definition) is 1. The SMILES string of the molecule is CCCC/C=C\CCCCCCCCC(CCCCCC/C=C\CCCC)C(=O)O. The number of unbranched alkanes of at least 4 members (excludes halogenated alkanes) is 14. The van der Waals surface area contributed by atoms with E-state index in [-0.39, 0.29) is 5.92 Å². The molecular weight excluding hydrogens is 368 g/mol. The first kappa shape index (κ1) is 28.9. The number of allylic oxidation sites excluding steroid dienone is 4. The molecule has 0 aliphatic rings. The van der Waals surface area contributed by atoms with Crippen LogP contribution in [0.2, 0.25) is 0 Å². The molecule has 1 unspecified atom stereocenters. The Hall–Kier alpha value is -1.05. The normalized spacial score (nSPS) is 12.9. The Kier molecular flexibility index (Phi) is 23.4. The Labute approximate surface area is 188 Å². The molecule has 1 atom stereocenters. The second-order valence-corrected chi connectivity index (χ2v) is 8.95. The highest BCUT2D eigenvalue weighted by Crippen LogP contribution is 2.19. The van der Waals surface area contributed by atoms with E-state index in [9.17, 15) is 9.90 Å². The van der Waals surface area contributed by atoms with E-state index in [1.54, 1.807) is 0 Å². The van der Waals surface area contributed by atoms with Crippen LogP contribution >= 0.6 is 0 Å². The van der Waals surface area contributed by atoms with Gasteiger partial charge in [0.05, 0.1) is 5.92 Å². The number of carboxylic acid groups (broad SMARTS) is 1. The molecule has 30 heavy (non-hydrogen) atoms. The van der Waals surface area contributed by atoms with Gasteiger partial charge in [0.25, 0.3) is 0 Å². The van der Waals surface area contributed by atoms with Crippen molar-refractivity contribution in [3.05, 3.63) is 24.3 Å². The number of rotatable bonds is 23. The molecule has 0 radical (unpaired) electrons. The van der Waals surface area contributed by atoms with Gasteiger partial charge < -0.3 is 5.11 Å². The molecule has 0 aromatic heterocycles. The fourth-order valence-corrected chi connectivity index (χ4v) is 3.87. The zero-order valence-corrected chi connectivity index (χ0v) is 20.4. The van der Waals surface area contributed by atoms with E-state index in [4.69, 9.17) is 0 Å². The van der Waals surface area contributed by atoms with Crippen molar-refractivity contribution in [2.45, 2.75) is 142 Å². The first-order chi connectivity index (χ1) is 14.7. The fourth-order valence-electron chi connectivity index (χ4n) is 3.87. The Morgan fingerprint density at radius 3 is 1.27 bits per heavy atom. The monoisotopic (exact) mass is 420 g/mol. The van der Waals surface area contributed by atoms with Gasteiger partial charge in [0.15, 0.2) is 0 Å². The second kappa shape index (κ2) is 24.2. The molecule has 0 heterocycles. The smallest absolute Gasteiger partial charge is 0.306 e. The number of hydrogen-bond acceptors (Lipinski definition) is 1. The molecule has 0 saturated carbocycles. The van der Waals surface area contributed by atoms with Crippen molar-refractivity contribution < 1.29 is 9.90 Å². The number of carboxylic acids is 1. The number of aliphatic carboxylic acids is 1. The largest absolute Gasteiger partial charge is 0.481 e. The molecule has 2 nitrogen and oxygen atoms in total. The van der Waals surface area contributed by atoms with Gasteiger partial charge >= 0.3 is 5.97 Å². The topological polar surface area (TPSA) is 37.3 Å². The molecule has 0 fully saturated rings. The lowest BCUT2D eigenvalue weighted by Gasteiger charge is -2.12. The summed E-state index contributed by atoms with van der Waals surface area (Å²) in [7, 11) is 0. The summed E-state index contributed by atoms with van der Waals surface area (Å²) in [6, 6.07) is 0. The molecule has 2 heteroatoms. The van der Waals surface area contributed by atoms with Crippen LogP contribution in [0.25, 0.3) is 0 Å². The summed E-state index contributed by atoms with van der Waals surface area (Å²) >= 11 is 0. The summed E-state index contributed by atoms with van der Waals surface area (Å²) in [5.41, 5.74) is 0. The predicted molar refractivity (Wildman–Crippen MR) is 133 cm³/mol. The quantitative estimate of drug-likeness (QED) is 0.132. The average molecular weight is 421 g/mol. The second-order valence-electron chi connectivity index (χ2n) is 8.95. The standard InChI is InChI=1S/C28H52O2/c1-3-5-7-9-11-13-15-16-18-20-22-24-26-27(28(29)30)25-23-21-19-17-14-12-10-8-6-4-2/h9-12,27H,3-8,13-26H2,1-2H3,(H,29,30)/b11-9-,12-10-. The zero-order chi connectivity index (χ0) is 22.1. The van der Waals surface area contributed by atoms with Crippen molar-refractivity contribution in [1.29, 1.82) is 0 Å². The van der Waals surface area contributed by atoms with Gasteiger partial charge in [0, 0.05) is 0 Å². The van der Waals surface area contributed by atoms with Crippen molar-refractivity contribution in [1.82, 2.24) is 0 Å². The van der Waals surface area contributed by atoms with E-state index in [1.165, 1.54) is 103 Å². The summed E-state index contributed by atoms with van der Waals surface area (Å²) in [5.74, 6) is -0.698. The van der Waals surface area contributed by atoms with E-state index >= 15 is 0 Å². The minimum Gasteiger partial charge on any atom is -0.481 e. The van der Waals surface area contributed by atoms with Crippen LogP contribution in [-0.4, -0.2) is 11.1 Å². The molecule has 176 valence electrons. The molecule has 0 aliphatic carbocycles. The maximum absolute atomic E-state index is 11.5. The summed E-state index contributed by atoms with van der Waals surface area (Å²) in [6.45, 7) is 4.47. The van der Waals surface area contributed by atoms with E-state index in [1.807, 2.05) is 0 Å². The maximum atomic E-state index is 11.5. The van der Waals surface area contributed by atoms with E-state index in [0.29, 0.717) is 0 Å². The van der Waals surface area contributed by atoms with Crippen LogP contribution in [0.5, 0.6) is 0 Å². The molecule has 0 saturated heterocycles. The molecule has 0 amide bonds. The lowest BCUT2D eigenvalue weighted by atomic mass is 9.94. The summed E-state index contributed by atoms with van der Waals surface area (Å²) in [4.78, 5) is 11.5. The van der Waals surface area contributed by atoms with Crippen molar-refractivity contribution in [2.75, 3.05) is 0 Å². The molecule has 0 bridgehead atoms. The molecule has 1 N–H and O–H groups in total. The van der Waals surface area contributed by atoms with Crippen molar-refractivity contribution >= 4 is 5.97 Å². The van der Waals surface area contributed by atoms with E-state index < -0.39 is 5.97 Å². The van der Waals surface area contributed by atoms with Crippen LogP contribution in [0.15, 0.2) is 24.3 Å². The highest BCUT2D eigenvalue weighted by molar-refractivity contribution is 5.69. The highest BCUT2D eigenvalue weighted by Gasteiger charge is 2.16. The van der Waals surface area contributed by atoms with Crippen LogP contribution in [0, 0.1) is 5.92 Å². The van der Waals surface area contributed by atoms with Crippen LogP contribution < -0.4 is 0 Å². The average Bonchev–Trinajstić information content (AvgIpc) is 2.74. The first-order valence-electron chi connectivity index (χ1n) is 13.2. The van der Waals surface area contributed by atoms with Crippen molar-refractivity contribution in [2.24, 2.45) is 5.92 Å². The van der Waals surface area contributed by atoms with Crippen LogP contribution in [0.3, 0.4) is 0 Å². The molecule has 0 aliphatic heterocycles. The Bertz CT molecular complexity index is 411. The minimum absolute atomic E-state index is 0.118. The third-order valence-corrected chi connectivity index (χ3v) is 5.98. The third kappa shape index (κ3) is 21.7. The molecule has 0 aromatic rings. The van der Waals surface area contributed by atoms with Crippen molar-refractivity contribution in [3.63, 3.8) is 0 Å². The van der Waals surface area contributed by atoms with Crippen molar-refractivity contribution in [3.8, 4) is 0 Å². The van der Waals surface area contributed by atoms with Gasteiger partial charge in [-0.15, -0.1) is 0 Å². The zero-order valence-electron chi connectivity index (χ0n) is 20.4. The van der Waals surface area contributed by atoms with Gasteiger partial charge in [-0.1, -0.05) is 115 Å².